The number of nitrogens with one attached hydrogen (secondary N) is 2. The molecule has 0 radical (unpaired) electrons. The Morgan fingerprint density at radius 1 is 0.962 bits per heavy atom. The highest BCUT2D eigenvalue weighted by Crippen LogP contribution is 2.20. The molecule has 1 saturated carbocycles. The SMILES string of the molecule is O=C(N[C@H](C(=O)NC1CCCC1)c1ccccc1)OCc1ccccc1. The first-order valence-corrected chi connectivity index (χ1v) is 9.05. The van der Waals surface area contributed by atoms with Crippen LogP contribution in [0.25, 0.3) is 0 Å². The van der Waals surface area contributed by atoms with E-state index in [-0.39, 0.29) is 18.6 Å². The highest BCUT2D eigenvalue weighted by molar-refractivity contribution is 5.87. The molecule has 136 valence electrons. The van der Waals surface area contributed by atoms with Crippen LogP contribution in [0.1, 0.15) is 42.9 Å². The van der Waals surface area contributed by atoms with Gasteiger partial charge in [-0.05, 0) is 24.0 Å². The van der Waals surface area contributed by atoms with E-state index in [0.717, 1.165) is 36.8 Å². The number of benzene rings is 2. The summed E-state index contributed by atoms with van der Waals surface area (Å²) < 4.78 is 5.27. The predicted octanol–water partition coefficient (Wildman–Crippen LogP) is 3.71. The summed E-state index contributed by atoms with van der Waals surface area (Å²) in [5, 5.41) is 5.75. The Morgan fingerprint density at radius 2 is 1.58 bits per heavy atom. The molecule has 3 rings (SSSR count). The van der Waals surface area contributed by atoms with E-state index in [9.17, 15) is 9.59 Å². The smallest absolute Gasteiger partial charge is 0.408 e. The number of rotatable bonds is 6. The molecule has 0 bridgehead atoms. The van der Waals surface area contributed by atoms with Crippen molar-refractivity contribution in [2.24, 2.45) is 0 Å². The van der Waals surface area contributed by atoms with Gasteiger partial charge in [-0.25, -0.2) is 4.79 Å². The molecule has 2 N–H and O–H groups in total. The molecule has 2 amide bonds. The van der Waals surface area contributed by atoms with Gasteiger partial charge in [0.2, 0.25) is 5.91 Å². The summed E-state index contributed by atoms with van der Waals surface area (Å²) in [6, 6.07) is 18.1. The molecule has 2 aromatic rings. The van der Waals surface area contributed by atoms with Crippen LogP contribution < -0.4 is 10.6 Å². The third-order valence-corrected chi connectivity index (χ3v) is 4.57. The first-order chi connectivity index (χ1) is 12.7. The third kappa shape index (κ3) is 5.09. The van der Waals surface area contributed by atoms with E-state index in [0.29, 0.717) is 0 Å². The van der Waals surface area contributed by atoms with E-state index >= 15 is 0 Å². The van der Waals surface area contributed by atoms with Crippen LogP contribution >= 0.6 is 0 Å². The topological polar surface area (TPSA) is 67.4 Å². The van der Waals surface area contributed by atoms with Crippen molar-refractivity contribution in [3.05, 3.63) is 71.8 Å². The Balaban J connectivity index is 1.63. The van der Waals surface area contributed by atoms with E-state index in [1.165, 1.54) is 0 Å². The summed E-state index contributed by atoms with van der Waals surface area (Å²) in [6.45, 7) is 0.165. The molecule has 1 aliphatic rings. The minimum atomic E-state index is -0.764. The zero-order valence-corrected chi connectivity index (χ0v) is 14.7. The van der Waals surface area contributed by atoms with Gasteiger partial charge < -0.3 is 15.4 Å². The van der Waals surface area contributed by atoms with Crippen molar-refractivity contribution >= 4 is 12.0 Å². The summed E-state index contributed by atoms with van der Waals surface area (Å²) in [5.41, 5.74) is 1.63. The van der Waals surface area contributed by atoms with E-state index in [1.807, 2.05) is 60.7 Å². The number of hydrogen-bond donors (Lipinski definition) is 2. The van der Waals surface area contributed by atoms with Gasteiger partial charge in [-0.3, -0.25) is 4.79 Å². The van der Waals surface area contributed by atoms with Gasteiger partial charge in [0, 0.05) is 6.04 Å². The molecule has 1 atom stereocenters. The van der Waals surface area contributed by atoms with E-state index in [1.54, 1.807) is 0 Å². The van der Waals surface area contributed by atoms with Crippen molar-refractivity contribution in [3.8, 4) is 0 Å². The van der Waals surface area contributed by atoms with Crippen LogP contribution in [0.3, 0.4) is 0 Å². The minimum Gasteiger partial charge on any atom is -0.445 e. The lowest BCUT2D eigenvalue weighted by atomic mass is 10.1. The van der Waals surface area contributed by atoms with Crippen LogP contribution in [0.4, 0.5) is 4.79 Å². The number of carbonyl (C=O) groups is 2. The largest absolute Gasteiger partial charge is 0.445 e. The first kappa shape index (κ1) is 18.0. The molecule has 0 aromatic heterocycles. The molecule has 5 heteroatoms. The van der Waals surface area contributed by atoms with Crippen molar-refractivity contribution in [3.63, 3.8) is 0 Å². The number of hydrogen-bond acceptors (Lipinski definition) is 3. The van der Waals surface area contributed by atoms with E-state index in [2.05, 4.69) is 10.6 Å². The van der Waals surface area contributed by atoms with Gasteiger partial charge in [0.15, 0.2) is 0 Å². The summed E-state index contributed by atoms with van der Waals surface area (Å²) in [5.74, 6) is -0.195. The van der Waals surface area contributed by atoms with Crippen molar-refractivity contribution in [2.75, 3.05) is 0 Å². The van der Waals surface area contributed by atoms with Crippen LogP contribution in [-0.2, 0) is 16.1 Å². The molecule has 0 aliphatic heterocycles. The fraction of sp³-hybridized carbons (Fsp3) is 0.333. The zero-order chi connectivity index (χ0) is 18.2. The molecule has 1 aliphatic carbocycles. The van der Waals surface area contributed by atoms with Crippen LogP contribution in [0.5, 0.6) is 0 Å². The molecule has 0 saturated heterocycles. The number of carbonyl (C=O) groups excluding carboxylic acids is 2. The Bertz CT molecular complexity index is 713. The Morgan fingerprint density at radius 3 is 2.23 bits per heavy atom. The molecule has 1 fully saturated rings. The average Bonchev–Trinajstić information content (AvgIpc) is 3.19. The molecule has 26 heavy (non-hydrogen) atoms. The maximum Gasteiger partial charge on any atom is 0.408 e. The fourth-order valence-electron chi connectivity index (χ4n) is 3.18. The quantitative estimate of drug-likeness (QED) is 0.833. The number of amides is 2. The van der Waals surface area contributed by atoms with Gasteiger partial charge in [0.1, 0.15) is 12.6 Å². The lowest BCUT2D eigenvalue weighted by molar-refractivity contribution is -0.123. The first-order valence-electron chi connectivity index (χ1n) is 9.05. The lowest BCUT2D eigenvalue weighted by Crippen LogP contribution is -2.43. The second-order valence-corrected chi connectivity index (χ2v) is 6.54. The van der Waals surface area contributed by atoms with Crippen molar-refractivity contribution in [2.45, 2.75) is 44.4 Å². The van der Waals surface area contributed by atoms with Gasteiger partial charge in [-0.2, -0.15) is 0 Å². The second-order valence-electron chi connectivity index (χ2n) is 6.54. The molecular weight excluding hydrogens is 328 g/mol. The number of alkyl carbamates (subject to hydrolysis) is 1. The van der Waals surface area contributed by atoms with Crippen molar-refractivity contribution < 1.29 is 14.3 Å². The maximum atomic E-state index is 12.7. The zero-order valence-electron chi connectivity index (χ0n) is 14.7. The third-order valence-electron chi connectivity index (χ3n) is 4.57. The van der Waals surface area contributed by atoms with Crippen LogP contribution in [-0.4, -0.2) is 18.0 Å². The fourth-order valence-corrected chi connectivity index (χ4v) is 3.18. The summed E-state index contributed by atoms with van der Waals surface area (Å²) in [7, 11) is 0. The average molecular weight is 352 g/mol. The van der Waals surface area contributed by atoms with Gasteiger partial charge in [0.05, 0.1) is 0 Å². The standard InChI is InChI=1S/C21H24N2O3/c24-20(22-18-13-7-8-14-18)19(17-11-5-2-6-12-17)23-21(25)26-15-16-9-3-1-4-10-16/h1-6,9-12,18-19H,7-8,13-15H2,(H,22,24)(H,23,25)/t19-/m0/s1. The number of ether oxygens (including phenoxy) is 1. The highest BCUT2D eigenvalue weighted by atomic mass is 16.5. The molecule has 0 unspecified atom stereocenters. The highest BCUT2D eigenvalue weighted by Gasteiger charge is 2.26. The van der Waals surface area contributed by atoms with E-state index < -0.39 is 12.1 Å². The molecule has 5 nitrogen and oxygen atoms in total. The van der Waals surface area contributed by atoms with Gasteiger partial charge in [-0.1, -0.05) is 73.5 Å². The summed E-state index contributed by atoms with van der Waals surface area (Å²) >= 11 is 0. The summed E-state index contributed by atoms with van der Waals surface area (Å²) in [4.78, 5) is 25.0. The van der Waals surface area contributed by atoms with Crippen LogP contribution in [0, 0.1) is 0 Å². The molecule has 0 spiro atoms. The molecule has 2 aromatic carbocycles. The van der Waals surface area contributed by atoms with Crippen molar-refractivity contribution in [1.29, 1.82) is 0 Å². The van der Waals surface area contributed by atoms with Gasteiger partial charge >= 0.3 is 6.09 Å². The molecule has 0 heterocycles. The molecular formula is C21H24N2O3. The van der Waals surface area contributed by atoms with Gasteiger partial charge in [-0.15, -0.1) is 0 Å². The van der Waals surface area contributed by atoms with Gasteiger partial charge in [0.25, 0.3) is 0 Å². The van der Waals surface area contributed by atoms with E-state index in [4.69, 9.17) is 4.74 Å². The van der Waals surface area contributed by atoms with Crippen LogP contribution in [0.15, 0.2) is 60.7 Å². The predicted molar refractivity (Wildman–Crippen MR) is 99.3 cm³/mol. The van der Waals surface area contributed by atoms with Crippen LogP contribution in [0.2, 0.25) is 0 Å². The minimum absolute atomic E-state index is 0.165. The monoisotopic (exact) mass is 352 g/mol. The summed E-state index contributed by atoms with van der Waals surface area (Å²) in [6.07, 6.45) is 3.64. The Labute approximate surface area is 153 Å². The van der Waals surface area contributed by atoms with Crippen molar-refractivity contribution in [1.82, 2.24) is 10.6 Å². The lowest BCUT2D eigenvalue weighted by Gasteiger charge is -2.21. The maximum absolute atomic E-state index is 12.7. The second kappa shape index (κ2) is 9.04. The normalized spacial score (nSPS) is 15.2. The Hall–Kier alpha value is -2.82. The Kier molecular flexibility index (Phi) is 6.25.